The van der Waals surface area contributed by atoms with Crippen molar-refractivity contribution < 1.29 is 0 Å². The second-order valence-corrected chi connectivity index (χ2v) is 3.47. The zero-order valence-electron chi connectivity index (χ0n) is 8.97. The van der Waals surface area contributed by atoms with Crippen LogP contribution in [0.15, 0.2) is 40.1 Å². The molecule has 18 heavy (non-hydrogen) atoms. The van der Waals surface area contributed by atoms with Gasteiger partial charge in [0.25, 0.3) is 5.56 Å². The molecule has 7 heteroatoms. The number of hydrogen-bond acceptors (Lipinski definition) is 3. The van der Waals surface area contributed by atoms with Gasteiger partial charge in [0, 0.05) is 11.6 Å². The van der Waals surface area contributed by atoms with Crippen molar-refractivity contribution in [3.63, 3.8) is 0 Å². The van der Waals surface area contributed by atoms with Crippen molar-refractivity contribution in [1.82, 2.24) is 15.0 Å². The first-order valence-electron chi connectivity index (χ1n) is 4.76. The van der Waals surface area contributed by atoms with Gasteiger partial charge in [0.1, 0.15) is 0 Å². The predicted octanol–water partition coefficient (Wildman–Crippen LogP) is 1.61. The number of aromatic nitrogens is 3. The monoisotopic (exact) mass is 285 g/mol. The quantitative estimate of drug-likeness (QED) is 0.616. The number of benzene rings is 1. The maximum atomic E-state index is 11.5. The van der Waals surface area contributed by atoms with E-state index in [0.717, 1.165) is 10.9 Å². The average Bonchev–Trinajstić information content (AvgIpc) is 2.28. The molecule has 0 bridgehead atoms. The Balaban J connectivity index is 0.000000810. The zero-order chi connectivity index (χ0) is 11.1. The fraction of sp³-hybridized carbons (Fsp3) is 0. The van der Waals surface area contributed by atoms with E-state index in [2.05, 4.69) is 15.0 Å². The van der Waals surface area contributed by atoms with Crippen molar-refractivity contribution in [2.75, 3.05) is 0 Å². The van der Waals surface area contributed by atoms with Crippen LogP contribution in [0.1, 0.15) is 0 Å². The first-order chi connectivity index (χ1) is 7.75. The summed E-state index contributed by atoms with van der Waals surface area (Å²) in [5, 5.41) is 1.15. The van der Waals surface area contributed by atoms with E-state index in [1.807, 2.05) is 24.3 Å². The molecule has 2 heterocycles. The van der Waals surface area contributed by atoms with Gasteiger partial charge in [-0.05, 0) is 6.07 Å². The highest BCUT2D eigenvalue weighted by atomic mass is 35.5. The lowest BCUT2D eigenvalue weighted by Gasteiger charge is -2.00. The highest BCUT2D eigenvalue weighted by molar-refractivity contribution is 6.02. The molecule has 0 spiro atoms. The van der Waals surface area contributed by atoms with E-state index in [1.165, 1.54) is 6.20 Å². The molecule has 94 valence electrons. The van der Waals surface area contributed by atoms with Crippen LogP contribution in [-0.2, 0) is 0 Å². The van der Waals surface area contributed by atoms with E-state index in [0.29, 0.717) is 10.9 Å². The summed E-state index contributed by atoms with van der Waals surface area (Å²) >= 11 is 0. The highest BCUT2D eigenvalue weighted by Gasteiger charge is 2.05. The molecule has 0 aliphatic heterocycles. The Morgan fingerprint density at radius 3 is 2.44 bits per heavy atom. The molecule has 3 rings (SSSR count). The van der Waals surface area contributed by atoms with Crippen LogP contribution in [0.3, 0.4) is 0 Å². The molecule has 0 saturated heterocycles. The van der Waals surface area contributed by atoms with E-state index < -0.39 is 11.2 Å². The number of H-pyrrole nitrogens is 2. The SMILES string of the molecule is Cl.Cl.O=c1[nH]c(=O)c2cnc3ccccc3c2[nH]1. The molecule has 0 saturated carbocycles. The van der Waals surface area contributed by atoms with Crippen molar-refractivity contribution in [2.24, 2.45) is 0 Å². The highest BCUT2D eigenvalue weighted by Crippen LogP contribution is 2.17. The second kappa shape index (κ2) is 5.20. The third-order valence-corrected chi connectivity index (χ3v) is 2.49. The molecule has 0 amide bonds. The van der Waals surface area contributed by atoms with Crippen molar-refractivity contribution in [3.8, 4) is 0 Å². The maximum absolute atomic E-state index is 11.5. The van der Waals surface area contributed by atoms with Crippen LogP contribution in [0.4, 0.5) is 0 Å². The molecule has 2 N–H and O–H groups in total. The fourth-order valence-corrected chi connectivity index (χ4v) is 1.76. The summed E-state index contributed by atoms with van der Waals surface area (Å²) in [5.74, 6) is 0. The van der Waals surface area contributed by atoms with Gasteiger partial charge in [0.2, 0.25) is 0 Å². The van der Waals surface area contributed by atoms with E-state index in [4.69, 9.17) is 0 Å². The van der Waals surface area contributed by atoms with Crippen LogP contribution < -0.4 is 11.2 Å². The Bertz CT molecular complexity index is 810. The van der Waals surface area contributed by atoms with Gasteiger partial charge in [0.15, 0.2) is 0 Å². The van der Waals surface area contributed by atoms with Gasteiger partial charge in [-0.2, -0.15) is 0 Å². The Morgan fingerprint density at radius 2 is 1.67 bits per heavy atom. The number of aromatic amines is 2. The third-order valence-electron chi connectivity index (χ3n) is 2.49. The van der Waals surface area contributed by atoms with Gasteiger partial charge in [-0.3, -0.25) is 14.8 Å². The summed E-state index contributed by atoms with van der Waals surface area (Å²) in [5.41, 5.74) is 0.349. The molecule has 1 aromatic carbocycles. The molecule has 0 radical (unpaired) electrons. The number of pyridine rings is 1. The number of nitrogens with one attached hydrogen (secondary N) is 2. The molecule has 0 atom stereocenters. The average molecular weight is 286 g/mol. The van der Waals surface area contributed by atoms with Crippen molar-refractivity contribution in [1.29, 1.82) is 0 Å². The molecule has 3 aromatic rings. The predicted molar refractivity (Wildman–Crippen MR) is 75.0 cm³/mol. The van der Waals surface area contributed by atoms with E-state index in [9.17, 15) is 9.59 Å². The summed E-state index contributed by atoms with van der Waals surface area (Å²) in [6.07, 6.45) is 1.46. The van der Waals surface area contributed by atoms with Gasteiger partial charge < -0.3 is 4.98 Å². The standard InChI is InChI=1S/C11H7N3O2.2ClH/c15-10-7-5-12-8-4-2-1-3-6(8)9(7)13-11(16)14-10;;/h1-5H,(H2,13,14,15,16);2*1H. The van der Waals surface area contributed by atoms with Crippen LogP contribution in [0.2, 0.25) is 0 Å². The topological polar surface area (TPSA) is 78.6 Å². The number of nitrogens with zero attached hydrogens (tertiary/aromatic N) is 1. The Kier molecular flexibility index (Phi) is 4.11. The number of para-hydroxylation sites is 1. The number of fused-ring (bicyclic) bond motifs is 3. The lowest BCUT2D eigenvalue weighted by Crippen LogP contribution is -2.22. The molecule has 2 aromatic heterocycles. The third kappa shape index (κ3) is 2.10. The molecular formula is C11H9Cl2N3O2. The summed E-state index contributed by atoms with van der Waals surface area (Å²) in [4.78, 5) is 31.7. The Labute approximate surface area is 113 Å². The van der Waals surface area contributed by atoms with Crippen LogP contribution >= 0.6 is 24.8 Å². The van der Waals surface area contributed by atoms with E-state index >= 15 is 0 Å². The van der Waals surface area contributed by atoms with Crippen molar-refractivity contribution in [2.45, 2.75) is 0 Å². The molecule has 0 unspecified atom stereocenters. The molecule has 0 aliphatic rings. The van der Waals surface area contributed by atoms with Gasteiger partial charge in [-0.1, -0.05) is 18.2 Å². The number of halogens is 2. The van der Waals surface area contributed by atoms with Gasteiger partial charge in [-0.15, -0.1) is 24.8 Å². The lowest BCUT2D eigenvalue weighted by molar-refractivity contribution is 1.08. The largest absolute Gasteiger partial charge is 0.326 e. The zero-order valence-corrected chi connectivity index (χ0v) is 10.6. The summed E-state index contributed by atoms with van der Waals surface area (Å²) in [7, 11) is 0. The van der Waals surface area contributed by atoms with E-state index in [1.54, 1.807) is 0 Å². The van der Waals surface area contributed by atoms with E-state index in [-0.39, 0.29) is 24.8 Å². The first kappa shape index (κ1) is 14.2. The molecule has 0 aliphatic carbocycles. The number of hydrogen-bond donors (Lipinski definition) is 2. The minimum atomic E-state index is -0.506. The van der Waals surface area contributed by atoms with Crippen molar-refractivity contribution >= 4 is 46.6 Å². The minimum Gasteiger partial charge on any atom is -0.306 e. The maximum Gasteiger partial charge on any atom is 0.326 e. The molecule has 5 nitrogen and oxygen atoms in total. The second-order valence-electron chi connectivity index (χ2n) is 3.47. The first-order valence-corrected chi connectivity index (χ1v) is 4.76. The normalized spacial score (nSPS) is 9.78. The van der Waals surface area contributed by atoms with Gasteiger partial charge >= 0.3 is 5.69 Å². The van der Waals surface area contributed by atoms with Crippen LogP contribution in [-0.4, -0.2) is 15.0 Å². The smallest absolute Gasteiger partial charge is 0.306 e. The molecule has 0 fully saturated rings. The van der Waals surface area contributed by atoms with Crippen molar-refractivity contribution in [3.05, 3.63) is 51.3 Å². The molecular weight excluding hydrogens is 277 g/mol. The summed E-state index contributed by atoms with van der Waals surface area (Å²) in [6.45, 7) is 0. The summed E-state index contributed by atoms with van der Waals surface area (Å²) < 4.78 is 0. The fourth-order valence-electron chi connectivity index (χ4n) is 1.76. The van der Waals surface area contributed by atoms with Gasteiger partial charge in [0.05, 0.1) is 16.4 Å². The Hall–Kier alpha value is -1.85. The van der Waals surface area contributed by atoms with Gasteiger partial charge in [-0.25, -0.2) is 4.79 Å². The summed E-state index contributed by atoms with van der Waals surface area (Å²) in [6, 6.07) is 7.34. The van der Waals surface area contributed by atoms with Crippen LogP contribution in [0, 0.1) is 0 Å². The minimum absolute atomic E-state index is 0. The Morgan fingerprint density at radius 1 is 0.944 bits per heavy atom. The van der Waals surface area contributed by atoms with Crippen LogP contribution in [0.5, 0.6) is 0 Å². The number of rotatable bonds is 0. The lowest BCUT2D eigenvalue weighted by atomic mass is 10.1. The van der Waals surface area contributed by atoms with Crippen LogP contribution in [0.25, 0.3) is 21.8 Å².